The highest BCUT2D eigenvalue weighted by atomic mass is 15.1. The van der Waals surface area contributed by atoms with Crippen molar-refractivity contribution in [2.45, 2.75) is 20.3 Å². The average molecular weight is 277 g/mol. The maximum atomic E-state index is 5.88. The molecular formula is C15H27N5. The number of nitrogens with zero attached hydrogens (tertiary/aromatic N) is 3. The van der Waals surface area contributed by atoms with Gasteiger partial charge in [0.25, 0.3) is 0 Å². The Bertz CT molecular complexity index is 412. The minimum Gasteiger partial charge on any atom is -0.370 e. The molecule has 20 heavy (non-hydrogen) atoms. The van der Waals surface area contributed by atoms with Crippen molar-refractivity contribution < 1.29 is 0 Å². The van der Waals surface area contributed by atoms with Gasteiger partial charge in [-0.1, -0.05) is 19.9 Å². The van der Waals surface area contributed by atoms with E-state index < -0.39 is 0 Å². The second-order valence-electron chi connectivity index (χ2n) is 6.10. The van der Waals surface area contributed by atoms with Crippen LogP contribution in [-0.4, -0.2) is 49.6 Å². The molecule has 0 aromatic carbocycles. The molecule has 5 nitrogen and oxygen atoms in total. The van der Waals surface area contributed by atoms with Crippen LogP contribution in [0.5, 0.6) is 0 Å². The van der Waals surface area contributed by atoms with Gasteiger partial charge in [0, 0.05) is 37.9 Å². The lowest BCUT2D eigenvalue weighted by Gasteiger charge is -2.26. The van der Waals surface area contributed by atoms with E-state index in [2.05, 4.69) is 48.1 Å². The van der Waals surface area contributed by atoms with Crippen molar-refractivity contribution in [2.75, 3.05) is 33.7 Å². The standard InChI is InChI=1S/C15H27N5/c1-15(2,12-20(3)4)11-19-14(16)18-10-8-13-7-5-6-9-17-13/h5-7,9H,8,10-12H2,1-4H3,(H3,16,18,19). The highest BCUT2D eigenvalue weighted by Crippen LogP contribution is 2.15. The highest BCUT2D eigenvalue weighted by Gasteiger charge is 2.18. The maximum absolute atomic E-state index is 5.88. The smallest absolute Gasteiger partial charge is 0.188 e. The van der Waals surface area contributed by atoms with Crippen LogP contribution in [0.1, 0.15) is 19.5 Å². The topological polar surface area (TPSA) is 66.5 Å². The Balaban J connectivity index is 2.31. The summed E-state index contributed by atoms with van der Waals surface area (Å²) in [7, 11) is 4.14. The van der Waals surface area contributed by atoms with Gasteiger partial charge in [-0.25, -0.2) is 0 Å². The summed E-state index contributed by atoms with van der Waals surface area (Å²) >= 11 is 0. The van der Waals surface area contributed by atoms with Gasteiger partial charge in [0.2, 0.25) is 0 Å². The zero-order valence-electron chi connectivity index (χ0n) is 13.1. The number of aromatic nitrogens is 1. The first-order valence-corrected chi connectivity index (χ1v) is 6.97. The Hall–Kier alpha value is -1.62. The number of aliphatic imine (C=N–C) groups is 1. The number of nitrogens with two attached hydrogens (primary N) is 1. The molecule has 0 amide bonds. The van der Waals surface area contributed by atoms with Crippen LogP contribution in [0.4, 0.5) is 0 Å². The first kappa shape index (κ1) is 16.4. The van der Waals surface area contributed by atoms with E-state index in [9.17, 15) is 0 Å². The van der Waals surface area contributed by atoms with Crippen LogP contribution < -0.4 is 11.1 Å². The van der Waals surface area contributed by atoms with Crippen molar-refractivity contribution in [3.05, 3.63) is 30.1 Å². The summed E-state index contributed by atoms with van der Waals surface area (Å²) in [5.74, 6) is 0.507. The van der Waals surface area contributed by atoms with Gasteiger partial charge in [-0.15, -0.1) is 0 Å². The molecule has 0 unspecified atom stereocenters. The third-order valence-electron chi connectivity index (χ3n) is 2.84. The van der Waals surface area contributed by atoms with E-state index in [0.717, 1.165) is 25.2 Å². The molecule has 0 bridgehead atoms. The molecule has 1 heterocycles. The van der Waals surface area contributed by atoms with E-state index in [1.54, 1.807) is 6.20 Å². The molecule has 0 saturated heterocycles. The van der Waals surface area contributed by atoms with Gasteiger partial charge in [-0.2, -0.15) is 0 Å². The molecule has 1 aromatic heterocycles. The van der Waals surface area contributed by atoms with Gasteiger partial charge in [-0.05, 0) is 31.6 Å². The summed E-state index contributed by atoms with van der Waals surface area (Å²) in [5.41, 5.74) is 7.06. The summed E-state index contributed by atoms with van der Waals surface area (Å²) < 4.78 is 0. The lowest BCUT2D eigenvalue weighted by molar-refractivity contribution is 0.249. The van der Waals surface area contributed by atoms with Crippen LogP contribution in [0.3, 0.4) is 0 Å². The summed E-state index contributed by atoms with van der Waals surface area (Å²) in [6, 6.07) is 5.92. The van der Waals surface area contributed by atoms with Crippen LogP contribution >= 0.6 is 0 Å². The number of hydrogen-bond acceptors (Lipinski definition) is 3. The Kier molecular flexibility index (Phi) is 6.45. The summed E-state index contributed by atoms with van der Waals surface area (Å²) in [5, 5.41) is 3.13. The predicted molar refractivity (Wildman–Crippen MR) is 84.8 cm³/mol. The van der Waals surface area contributed by atoms with Gasteiger partial charge in [0.15, 0.2) is 5.96 Å². The molecule has 1 rings (SSSR count). The summed E-state index contributed by atoms with van der Waals surface area (Å²) in [6.07, 6.45) is 2.65. The second-order valence-corrected chi connectivity index (χ2v) is 6.10. The Morgan fingerprint density at radius 3 is 2.75 bits per heavy atom. The van der Waals surface area contributed by atoms with Gasteiger partial charge in [0.1, 0.15) is 0 Å². The molecule has 5 heteroatoms. The lowest BCUT2D eigenvalue weighted by atomic mass is 9.93. The van der Waals surface area contributed by atoms with Crippen molar-refractivity contribution in [3.63, 3.8) is 0 Å². The minimum absolute atomic E-state index is 0.122. The van der Waals surface area contributed by atoms with Crippen LogP contribution in [0.25, 0.3) is 0 Å². The number of rotatable bonds is 7. The van der Waals surface area contributed by atoms with E-state index in [1.165, 1.54) is 0 Å². The molecule has 0 aliphatic rings. The zero-order valence-corrected chi connectivity index (χ0v) is 13.1. The number of guanidine groups is 1. The molecule has 3 N–H and O–H groups in total. The fourth-order valence-electron chi connectivity index (χ4n) is 2.13. The molecule has 0 spiro atoms. The lowest BCUT2D eigenvalue weighted by Crippen LogP contribution is -2.36. The van der Waals surface area contributed by atoms with E-state index in [1.807, 2.05) is 18.2 Å². The largest absolute Gasteiger partial charge is 0.370 e. The molecule has 112 valence electrons. The number of nitrogens with one attached hydrogen (secondary N) is 1. The van der Waals surface area contributed by atoms with Crippen LogP contribution in [0.15, 0.2) is 29.4 Å². The fourth-order valence-corrected chi connectivity index (χ4v) is 2.13. The van der Waals surface area contributed by atoms with Crippen LogP contribution in [-0.2, 0) is 6.42 Å². The van der Waals surface area contributed by atoms with Crippen molar-refractivity contribution in [1.29, 1.82) is 0 Å². The van der Waals surface area contributed by atoms with E-state index in [0.29, 0.717) is 12.5 Å². The predicted octanol–water partition coefficient (Wildman–Crippen LogP) is 1.12. The van der Waals surface area contributed by atoms with Crippen LogP contribution in [0.2, 0.25) is 0 Å². The molecule has 0 atom stereocenters. The molecule has 0 aliphatic carbocycles. The monoisotopic (exact) mass is 277 g/mol. The normalized spacial score (nSPS) is 12.8. The molecule has 1 aromatic rings. The third kappa shape index (κ3) is 7.09. The highest BCUT2D eigenvalue weighted by molar-refractivity contribution is 5.77. The fraction of sp³-hybridized carbons (Fsp3) is 0.600. The quantitative estimate of drug-likeness (QED) is 0.579. The second kappa shape index (κ2) is 7.85. The summed E-state index contributed by atoms with van der Waals surface area (Å²) in [6.45, 7) is 6.83. The number of hydrogen-bond donors (Lipinski definition) is 2. The van der Waals surface area contributed by atoms with Gasteiger partial charge < -0.3 is 16.0 Å². The molecule has 0 radical (unpaired) electrons. The van der Waals surface area contributed by atoms with Crippen molar-refractivity contribution in [1.82, 2.24) is 15.2 Å². The minimum atomic E-state index is 0.122. The first-order chi connectivity index (χ1) is 9.39. The first-order valence-electron chi connectivity index (χ1n) is 6.97. The van der Waals surface area contributed by atoms with E-state index in [4.69, 9.17) is 5.73 Å². The molecule has 0 fully saturated rings. The Labute approximate surface area is 122 Å². The maximum Gasteiger partial charge on any atom is 0.188 e. The van der Waals surface area contributed by atoms with Gasteiger partial charge >= 0.3 is 0 Å². The van der Waals surface area contributed by atoms with Crippen molar-refractivity contribution >= 4 is 5.96 Å². The van der Waals surface area contributed by atoms with Gasteiger partial charge in [0.05, 0.1) is 0 Å². The van der Waals surface area contributed by atoms with Crippen molar-refractivity contribution in [3.8, 4) is 0 Å². The Morgan fingerprint density at radius 2 is 2.15 bits per heavy atom. The van der Waals surface area contributed by atoms with Gasteiger partial charge in [-0.3, -0.25) is 9.98 Å². The average Bonchev–Trinajstić information content (AvgIpc) is 2.36. The molecule has 0 saturated carbocycles. The number of pyridine rings is 1. The zero-order chi connectivity index (χ0) is 15.0. The molecule has 0 aliphatic heterocycles. The SMILES string of the molecule is CN(C)CC(C)(C)CN=C(N)NCCc1ccccn1. The van der Waals surface area contributed by atoms with Crippen LogP contribution in [0, 0.1) is 5.41 Å². The van der Waals surface area contributed by atoms with E-state index >= 15 is 0 Å². The molecular weight excluding hydrogens is 250 g/mol. The third-order valence-corrected chi connectivity index (χ3v) is 2.84. The Morgan fingerprint density at radius 1 is 1.40 bits per heavy atom. The van der Waals surface area contributed by atoms with E-state index in [-0.39, 0.29) is 5.41 Å². The summed E-state index contributed by atoms with van der Waals surface area (Å²) in [4.78, 5) is 10.9. The van der Waals surface area contributed by atoms with Crippen molar-refractivity contribution in [2.24, 2.45) is 16.1 Å².